The fraction of sp³-hybridized carbons (Fsp3) is 1.00. The highest BCUT2D eigenvalue weighted by Crippen LogP contribution is 2.28. The Labute approximate surface area is 108 Å². The number of rotatable bonds is 8. The number of hydrogen-bond acceptors (Lipinski definition) is 3. The zero-order valence-electron chi connectivity index (χ0n) is 12.7. The van der Waals surface area contributed by atoms with Gasteiger partial charge in [-0.1, -0.05) is 34.1 Å². The highest BCUT2D eigenvalue weighted by atomic mass is 15.6. The second-order valence-corrected chi connectivity index (χ2v) is 6.73. The van der Waals surface area contributed by atoms with Crippen LogP contribution >= 0.6 is 0 Å². The van der Waals surface area contributed by atoms with E-state index in [2.05, 4.69) is 41.5 Å². The molecule has 3 nitrogen and oxygen atoms in total. The van der Waals surface area contributed by atoms with Gasteiger partial charge in [0.25, 0.3) is 0 Å². The van der Waals surface area contributed by atoms with E-state index < -0.39 is 0 Å². The van der Waals surface area contributed by atoms with Gasteiger partial charge in [-0.05, 0) is 50.9 Å². The minimum absolute atomic E-state index is 0.106. The van der Waals surface area contributed by atoms with Crippen LogP contribution in [-0.2, 0) is 0 Å². The summed E-state index contributed by atoms with van der Waals surface area (Å²) in [5.74, 6) is 13.7. The predicted molar refractivity (Wildman–Crippen MR) is 75.9 cm³/mol. The molecule has 0 aromatic rings. The van der Waals surface area contributed by atoms with Gasteiger partial charge in [0, 0.05) is 5.54 Å². The van der Waals surface area contributed by atoms with Crippen LogP contribution in [0.1, 0.15) is 67.2 Å². The highest BCUT2D eigenvalue weighted by Gasteiger charge is 2.24. The third-order valence-corrected chi connectivity index (χ3v) is 3.88. The lowest BCUT2D eigenvalue weighted by Crippen LogP contribution is -2.53. The first-order chi connectivity index (χ1) is 7.66. The van der Waals surface area contributed by atoms with Crippen molar-refractivity contribution in [3.05, 3.63) is 0 Å². The van der Waals surface area contributed by atoms with E-state index in [1.165, 1.54) is 24.4 Å². The van der Waals surface area contributed by atoms with E-state index in [4.69, 9.17) is 11.7 Å². The topological polar surface area (TPSA) is 55.3 Å². The Morgan fingerprint density at radius 1 is 0.941 bits per heavy atom. The van der Waals surface area contributed by atoms with Crippen molar-refractivity contribution in [3.63, 3.8) is 0 Å². The van der Waals surface area contributed by atoms with Crippen LogP contribution in [0, 0.1) is 17.8 Å². The Hall–Kier alpha value is -0.120. The molecule has 0 aromatic carbocycles. The van der Waals surface area contributed by atoms with E-state index in [1.54, 1.807) is 0 Å². The second kappa shape index (κ2) is 7.34. The molecule has 0 aliphatic rings. The summed E-state index contributed by atoms with van der Waals surface area (Å²) in [4.78, 5) is 0. The Kier molecular flexibility index (Phi) is 7.29. The lowest BCUT2D eigenvalue weighted by atomic mass is 9.82. The molecule has 0 radical (unpaired) electrons. The number of hydrazine groups is 2. The van der Waals surface area contributed by atoms with Crippen molar-refractivity contribution in [2.75, 3.05) is 0 Å². The summed E-state index contributed by atoms with van der Waals surface area (Å²) in [6.45, 7) is 13.4. The molecule has 1 unspecified atom stereocenters. The highest BCUT2D eigenvalue weighted by molar-refractivity contribution is 4.77. The van der Waals surface area contributed by atoms with Crippen molar-refractivity contribution in [1.29, 1.82) is 0 Å². The third kappa shape index (κ3) is 7.02. The molecule has 104 valence electrons. The summed E-state index contributed by atoms with van der Waals surface area (Å²) < 4.78 is 0. The maximum atomic E-state index is 5.67. The van der Waals surface area contributed by atoms with Gasteiger partial charge in [-0.2, -0.15) is 5.12 Å². The molecule has 0 aromatic heterocycles. The summed E-state index contributed by atoms with van der Waals surface area (Å²) in [6, 6.07) is 0. The molecule has 0 aliphatic heterocycles. The van der Waals surface area contributed by atoms with Crippen LogP contribution in [0.15, 0.2) is 0 Å². The van der Waals surface area contributed by atoms with E-state index in [0.29, 0.717) is 0 Å². The standard InChI is InChI=1S/C14H33N3/c1-11(2)7-8-13(12(3)4)9-10-14(5,6)17(15)16/h11-13H,7-10,15-16H2,1-6H3. The molecular formula is C14H33N3. The first-order valence-electron chi connectivity index (χ1n) is 6.96. The lowest BCUT2D eigenvalue weighted by molar-refractivity contribution is 0.100. The second-order valence-electron chi connectivity index (χ2n) is 6.73. The third-order valence-electron chi connectivity index (χ3n) is 3.88. The Bertz CT molecular complexity index is 198. The van der Waals surface area contributed by atoms with Gasteiger partial charge >= 0.3 is 0 Å². The molecule has 1 atom stereocenters. The van der Waals surface area contributed by atoms with Crippen LogP contribution in [0.25, 0.3) is 0 Å². The average molecular weight is 243 g/mol. The summed E-state index contributed by atoms with van der Waals surface area (Å²) >= 11 is 0. The number of nitrogens with zero attached hydrogens (tertiary/aromatic N) is 1. The number of hydrogen-bond donors (Lipinski definition) is 2. The maximum Gasteiger partial charge on any atom is 0.0449 e. The average Bonchev–Trinajstić information content (AvgIpc) is 2.16. The molecule has 0 fully saturated rings. The van der Waals surface area contributed by atoms with Gasteiger partial charge in [-0.15, -0.1) is 0 Å². The van der Waals surface area contributed by atoms with Crippen LogP contribution in [0.5, 0.6) is 0 Å². The van der Waals surface area contributed by atoms with E-state index in [-0.39, 0.29) is 5.54 Å². The Morgan fingerprint density at radius 2 is 1.47 bits per heavy atom. The van der Waals surface area contributed by atoms with Gasteiger partial charge in [0.1, 0.15) is 0 Å². The molecule has 0 saturated carbocycles. The van der Waals surface area contributed by atoms with Crippen molar-refractivity contribution < 1.29 is 0 Å². The predicted octanol–water partition coefficient (Wildman–Crippen LogP) is 3.30. The van der Waals surface area contributed by atoms with Gasteiger partial charge in [0.2, 0.25) is 0 Å². The van der Waals surface area contributed by atoms with Gasteiger partial charge < -0.3 is 0 Å². The number of nitrogens with two attached hydrogens (primary N) is 2. The summed E-state index contributed by atoms with van der Waals surface area (Å²) in [7, 11) is 0. The molecule has 17 heavy (non-hydrogen) atoms. The van der Waals surface area contributed by atoms with Crippen molar-refractivity contribution in [2.45, 2.75) is 72.8 Å². The van der Waals surface area contributed by atoms with Gasteiger partial charge in [-0.25, -0.2) is 0 Å². The fourth-order valence-corrected chi connectivity index (χ4v) is 2.03. The smallest absolute Gasteiger partial charge is 0.0449 e. The summed E-state index contributed by atoms with van der Waals surface area (Å²) in [5, 5.41) is 1.35. The summed E-state index contributed by atoms with van der Waals surface area (Å²) in [5.41, 5.74) is -0.106. The van der Waals surface area contributed by atoms with E-state index in [1.807, 2.05) is 0 Å². The Morgan fingerprint density at radius 3 is 1.82 bits per heavy atom. The minimum Gasteiger partial charge on any atom is -0.255 e. The molecule has 0 spiro atoms. The van der Waals surface area contributed by atoms with Crippen LogP contribution < -0.4 is 11.7 Å². The summed E-state index contributed by atoms with van der Waals surface area (Å²) in [6.07, 6.45) is 4.90. The van der Waals surface area contributed by atoms with E-state index >= 15 is 0 Å². The monoisotopic (exact) mass is 243 g/mol. The van der Waals surface area contributed by atoms with Crippen LogP contribution in [0.4, 0.5) is 0 Å². The molecule has 0 rings (SSSR count). The first kappa shape index (κ1) is 16.9. The van der Waals surface area contributed by atoms with Crippen molar-refractivity contribution in [3.8, 4) is 0 Å². The van der Waals surface area contributed by atoms with Gasteiger partial charge in [0.15, 0.2) is 0 Å². The van der Waals surface area contributed by atoms with Crippen molar-refractivity contribution in [1.82, 2.24) is 5.12 Å². The molecule has 0 saturated heterocycles. The molecule has 0 aliphatic carbocycles. The SMILES string of the molecule is CC(C)CCC(CCC(C)(C)N(N)N)C(C)C. The maximum absolute atomic E-state index is 5.67. The normalized spacial score (nSPS) is 15.0. The fourth-order valence-electron chi connectivity index (χ4n) is 2.03. The van der Waals surface area contributed by atoms with Crippen molar-refractivity contribution >= 4 is 0 Å². The minimum atomic E-state index is -0.106. The zero-order valence-corrected chi connectivity index (χ0v) is 12.7. The van der Waals surface area contributed by atoms with Crippen molar-refractivity contribution in [2.24, 2.45) is 29.4 Å². The van der Waals surface area contributed by atoms with Crippen LogP contribution in [-0.4, -0.2) is 10.7 Å². The van der Waals surface area contributed by atoms with Crippen LogP contribution in [0.3, 0.4) is 0 Å². The van der Waals surface area contributed by atoms with E-state index in [0.717, 1.165) is 24.2 Å². The molecule has 4 N–H and O–H groups in total. The molecule has 3 heteroatoms. The van der Waals surface area contributed by atoms with Gasteiger partial charge in [-0.3, -0.25) is 11.7 Å². The Balaban J connectivity index is 4.18. The zero-order chi connectivity index (χ0) is 13.6. The van der Waals surface area contributed by atoms with E-state index in [9.17, 15) is 0 Å². The van der Waals surface area contributed by atoms with Gasteiger partial charge in [0.05, 0.1) is 0 Å². The largest absolute Gasteiger partial charge is 0.255 e. The molecule has 0 bridgehead atoms. The van der Waals surface area contributed by atoms with Crippen LogP contribution in [0.2, 0.25) is 0 Å². The first-order valence-corrected chi connectivity index (χ1v) is 6.96. The molecular weight excluding hydrogens is 210 g/mol. The molecule has 0 amide bonds. The quantitative estimate of drug-likeness (QED) is 0.508. The lowest BCUT2D eigenvalue weighted by Gasteiger charge is -2.33. The molecule has 0 heterocycles.